The highest BCUT2D eigenvalue weighted by Gasteiger charge is 2.30. The van der Waals surface area contributed by atoms with E-state index >= 15 is 0 Å². The minimum absolute atomic E-state index is 0.0845. The summed E-state index contributed by atoms with van der Waals surface area (Å²) in [4.78, 5) is 0. The molecule has 20 heavy (non-hydrogen) atoms. The Morgan fingerprint density at radius 2 is 2.15 bits per heavy atom. The lowest BCUT2D eigenvalue weighted by Gasteiger charge is -2.23. The summed E-state index contributed by atoms with van der Waals surface area (Å²) < 4.78 is 43.6. The Bertz CT molecular complexity index is 482. The van der Waals surface area contributed by atoms with Crippen LogP contribution in [0.2, 0.25) is 0 Å². The number of ether oxygens (including phenoxy) is 1. The Morgan fingerprint density at radius 1 is 1.35 bits per heavy atom. The van der Waals surface area contributed by atoms with Gasteiger partial charge in [-0.3, -0.25) is 0 Å². The number of benzene rings is 1. The molecule has 0 aliphatic carbocycles. The number of rotatable bonds is 4. The summed E-state index contributed by atoms with van der Waals surface area (Å²) >= 11 is 0. The number of likely N-dealkylation sites (N-methyl/N-ethyl adjacent to an activating group) is 1. The van der Waals surface area contributed by atoms with E-state index in [4.69, 9.17) is 4.74 Å². The molecule has 1 aliphatic heterocycles. The first-order valence-corrected chi connectivity index (χ1v) is 6.67. The Balaban J connectivity index is 2.13. The van der Waals surface area contributed by atoms with Crippen molar-refractivity contribution in [2.75, 3.05) is 13.7 Å². The van der Waals surface area contributed by atoms with E-state index in [0.29, 0.717) is 18.6 Å². The molecule has 1 aromatic carbocycles. The first kappa shape index (κ1) is 14.9. The molecule has 2 nitrogen and oxygen atoms in total. The number of nitrogens with one attached hydrogen (secondary N) is 1. The van der Waals surface area contributed by atoms with Crippen molar-refractivity contribution in [1.29, 1.82) is 0 Å². The average molecular weight is 285 g/mol. The van der Waals surface area contributed by atoms with Gasteiger partial charge in [-0.2, -0.15) is 13.2 Å². The molecule has 1 heterocycles. The lowest BCUT2D eigenvalue weighted by Crippen LogP contribution is -2.32. The van der Waals surface area contributed by atoms with E-state index in [1.54, 1.807) is 13.1 Å². The van der Waals surface area contributed by atoms with Gasteiger partial charge in [0.1, 0.15) is 5.76 Å². The zero-order valence-corrected chi connectivity index (χ0v) is 11.3. The third-order valence-corrected chi connectivity index (χ3v) is 3.35. The molecule has 1 atom stereocenters. The Hall–Kier alpha value is -1.49. The molecule has 0 saturated heterocycles. The molecule has 1 aliphatic rings. The predicted octanol–water partition coefficient (Wildman–Crippen LogP) is 3.53. The second-order valence-corrected chi connectivity index (χ2v) is 4.84. The van der Waals surface area contributed by atoms with Gasteiger partial charge in [0.05, 0.1) is 18.2 Å². The quantitative estimate of drug-likeness (QED) is 0.913. The van der Waals surface area contributed by atoms with Crippen LogP contribution in [-0.2, 0) is 17.3 Å². The fourth-order valence-electron chi connectivity index (χ4n) is 2.27. The Labute approximate surface area is 116 Å². The summed E-state index contributed by atoms with van der Waals surface area (Å²) in [6.45, 7) is 0.673. The predicted molar refractivity (Wildman–Crippen MR) is 71.3 cm³/mol. The lowest BCUT2D eigenvalue weighted by molar-refractivity contribution is -0.137. The molecule has 2 rings (SSSR count). The van der Waals surface area contributed by atoms with E-state index in [-0.39, 0.29) is 6.04 Å². The van der Waals surface area contributed by atoms with Crippen molar-refractivity contribution in [1.82, 2.24) is 5.32 Å². The molecule has 5 heteroatoms. The third-order valence-electron chi connectivity index (χ3n) is 3.35. The van der Waals surface area contributed by atoms with Crippen LogP contribution in [0.4, 0.5) is 13.2 Å². The van der Waals surface area contributed by atoms with Crippen molar-refractivity contribution in [3.8, 4) is 0 Å². The fraction of sp³-hybridized carbons (Fsp3) is 0.467. The lowest BCUT2D eigenvalue weighted by atomic mass is 10.0. The van der Waals surface area contributed by atoms with Gasteiger partial charge < -0.3 is 10.1 Å². The Morgan fingerprint density at radius 3 is 2.75 bits per heavy atom. The van der Waals surface area contributed by atoms with Gasteiger partial charge in [-0.1, -0.05) is 18.2 Å². The highest BCUT2D eigenvalue weighted by atomic mass is 19.4. The normalized spacial score (nSPS) is 17.3. The topological polar surface area (TPSA) is 21.3 Å². The van der Waals surface area contributed by atoms with Gasteiger partial charge in [0.15, 0.2) is 0 Å². The summed E-state index contributed by atoms with van der Waals surface area (Å²) in [6.07, 6.45) is 0.135. The second kappa shape index (κ2) is 6.31. The first-order valence-electron chi connectivity index (χ1n) is 6.67. The van der Waals surface area contributed by atoms with Crippen LogP contribution in [0.1, 0.15) is 24.0 Å². The van der Waals surface area contributed by atoms with Gasteiger partial charge in [0.2, 0.25) is 0 Å². The summed E-state index contributed by atoms with van der Waals surface area (Å²) in [6, 6.07) is 5.37. The maximum Gasteiger partial charge on any atom is 0.416 e. The van der Waals surface area contributed by atoms with E-state index in [0.717, 1.165) is 24.7 Å². The fourth-order valence-corrected chi connectivity index (χ4v) is 2.27. The second-order valence-electron chi connectivity index (χ2n) is 4.84. The van der Waals surface area contributed by atoms with Crippen LogP contribution in [0.25, 0.3) is 0 Å². The van der Waals surface area contributed by atoms with Crippen molar-refractivity contribution in [3.05, 3.63) is 47.2 Å². The maximum atomic E-state index is 12.7. The molecular formula is C15H18F3NO. The largest absolute Gasteiger partial charge is 0.497 e. The molecule has 0 amide bonds. The SMILES string of the molecule is CNC(Cc1cccc(C(F)(F)F)c1)C1=CCCCO1. The minimum atomic E-state index is -4.30. The summed E-state index contributed by atoms with van der Waals surface area (Å²) in [5.74, 6) is 0.830. The third kappa shape index (κ3) is 3.76. The summed E-state index contributed by atoms with van der Waals surface area (Å²) in [5, 5.41) is 3.10. The summed E-state index contributed by atoms with van der Waals surface area (Å²) in [7, 11) is 1.79. The van der Waals surface area contributed by atoms with Crippen molar-refractivity contribution >= 4 is 0 Å². The van der Waals surface area contributed by atoms with Crippen LogP contribution >= 0.6 is 0 Å². The zero-order valence-electron chi connectivity index (χ0n) is 11.3. The van der Waals surface area contributed by atoms with E-state index in [1.807, 2.05) is 6.08 Å². The highest BCUT2D eigenvalue weighted by Crippen LogP contribution is 2.30. The minimum Gasteiger partial charge on any atom is -0.497 e. The Kier molecular flexibility index (Phi) is 4.70. The van der Waals surface area contributed by atoms with Crippen molar-refractivity contribution in [3.63, 3.8) is 0 Å². The monoisotopic (exact) mass is 285 g/mol. The molecule has 0 aromatic heterocycles. The van der Waals surface area contributed by atoms with Gasteiger partial charge in [-0.05, 0) is 44.0 Å². The number of alkyl halides is 3. The molecule has 0 spiro atoms. The standard InChI is InChI=1S/C15H18F3NO/c1-19-13(14-7-2-3-8-20-14)10-11-5-4-6-12(9-11)15(16,17)18/h4-7,9,13,19H,2-3,8,10H2,1H3. The molecule has 1 unspecified atom stereocenters. The van der Waals surface area contributed by atoms with Crippen molar-refractivity contribution in [2.24, 2.45) is 0 Å². The van der Waals surface area contributed by atoms with E-state index < -0.39 is 11.7 Å². The molecule has 1 aromatic rings. The van der Waals surface area contributed by atoms with E-state index in [2.05, 4.69) is 5.32 Å². The number of hydrogen-bond acceptors (Lipinski definition) is 2. The molecule has 110 valence electrons. The van der Waals surface area contributed by atoms with E-state index in [1.165, 1.54) is 12.1 Å². The van der Waals surface area contributed by atoms with Gasteiger partial charge >= 0.3 is 6.18 Å². The molecule has 0 radical (unpaired) electrons. The van der Waals surface area contributed by atoms with Crippen LogP contribution in [-0.4, -0.2) is 19.7 Å². The average Bonchev–Trinajstić information content (AvgIpc) is 2.45. The number of halogens is 3. The molecular weight excluding hydrogens is 267 g/mol. The van der Waals surface area contributed by atoms with Crippen LogP contribution < -0.4 is 5.32 Å². The highest BCUT2D eigenvalue weighted by molar-refractivity contribution is 5.27. The van der Waals surface area contributed by atoms with E-state index in [9.17, 15) is 13.2 Å². The van der Waals surface area contributed by atoms with Gasteiger partial charge in [0.25, 0.3) is 0 Å². The maximum absolute atomic E-state index is 12.7. The van der Waals surface area contributed by atoms with Crippen LogP contribution in [0.3, 0.4) is 0 Å². The van der Waals surface area contributed by atoms with Crippen LogP contribution in [0.15, 0.2) is 36.1 Å². The molecule has 1 N–H and O–H groups in total. The van der Waals surface area contributed by atoms with Gasteiger partial charge in [0, 0.05) is 0 Å². The van der Waals surface area contributed by atoms with Gasteiger partial charge in [-0.25, -0.2) is 0 Å². The van der Waals surface area contributed by atoms with Crippen LogP contribution in [0, 0.1) is 0 Å². The molecule has 0 saturated carbocycles. The van der Waals surface area contributed by atoms with Crippen LogP contribution in [0.5, 0.6) is 0 Å². The first-order chi connectivity index (χ1) is 9.50. The number of hydrogen-bond donors (Lipinski definition) is 1. The summed E-state index contributed by atoms with van der Waals surface area (Å²) in [5.41, 5.74) is 0.0395. The van der Waals surface area contributed by atoms with Gasteiger partial charge in [-0.15, -0.1) is 0 Å². The number of allylic oxidation sites excluding steroid dienone is 1. The molecule has 0 fully saturated rings. The van der Waals surface area contributed by atoms with Crippen molar-refractivity contribution < 1.29 is 17.9 Å². The van der Waals surface area contributed by atoms with Crippen molar-refractivity contribution in [2.45, 2.75) is 31.5 Å². The smallest absolute Gasteiger partial charge is 0.416 e. The molecule has 0 bridgehead atoms. The zero-order chi connectivity index (χ0) is 14.6.